The van der Waals surface area contributed by atoms with E-state index in [2.05, 4.69) is 24.4 Å². The van der Waals surface area contributed by atoms with Crippen LogP contribution in [-0.2, 0) is 0 Å². The number of hydrogen-bond donors (Lipinski definition) is 1. The van der Waals surface area contributed by atoms with Crippen LogP contribution >= 0.6 is 23.2 Å². The maximum absolute atomic E-state index is 11.8. The zero-order valence-electron chi connectivity index (χ0n) is 18.6. The first-order chi connectivity index (χ1) is 16.4. The summed E-state index contributed by atoms with van der Waals surface area (Å²) in [5.41, 5.74) is 4.72. The van der Waals surface area contributed by atoms with Gasteiger partial charge in [0.25, 0.3) is 5.69 Å². The summed E-state index contributed by atoms with van der Waals surface area (Å²) in [6, 6.07) is 30.7. The lowest BCUT2D eigenvalue weighted by Crippen LogP contribution is -2.12. The fraction of sp³-hybridized carbons (Fsp3) is 0.143. The third-order valence-corrected chi connectivity index (χ3v) is 6.43. The Morgan fingerprint density at radius 2 is 1.29 bits per heavy atom. The highest BCUT2D eigenvalue weighted by molar-refractivity contribution is 6.30. The van der Waals surface area contributed by atoms with Crippen LogP contribution in [0.15, 0.2) is 97.1 Å². The quantitative estimate of drug-likeness (QED) is 0.153. The number of benzene rings is 4. The lowest BCUT2D eigenvalue weighted by atomic mass is 9.85. The van der Waals surface area contributed by atoms with Crippen molar-refractivity contribution in [2.45, 2.75) is 18.8 Å². The second kappa shape index (κ2) is 10.7. The molecule has 0 saturated carbocycles. The van der Waals surface area contributed by atoms with Gasteiger partial charge in [-0.25, -0.2) is 0 Å². The van der Waals surface area contributed by atoms with Crippen LogP contribution < -0.4 is 5.32 Å². The summed E-state index contributed by atoms with van der Waals surface area (Å²) >= 11 is 12.3. The minimum absolute atomic E-state index is 0.0509. The van der Waals surface area contributed by atoms with Crippen LogP contribution in [0.3, 0.4) is 0 Å². The molecule has 0 aromatic heterocycles. The highest BCUT2D eigenvalue weighted by Gasteiger charge is 2.22. The molecule has 0 saturated heterocycles. The first-order valence-electron chi connectivity index (χ1n) is 11.0. The second-order valence-corrected chi connectivity index (χ2v) is 9.14. The summed E-state index contributed by atoms with van der Waals surface area (Å²) in [4.78, 5) is 11.4. The van der Waals surface area contributed by atoms with Crippen LogP contribution in [0.5, 0.6) is 0 Å². The van der Waals surface area contributed by atoms with E-state index in [4.69, 9.17) is 23.2 Å². The van der Waals surface area contributed by atoms with E-state index in [9.17, 15) is 10.1 Å². The summed E-state index contributed by atoms with van der Waals surface area (Å²) in [6.07, 6.45) is 0. The molecule has 0 aliphatic carbocycles. The topological polar surface area (TPSA) is 55.2 Å². The predicted molar refractivity (Wildman–Crippen MR) is 140 cm³/mol. The van der Waals surface area contributed by atoms with E-state index in [0.717, 1.165) is 16.7 Å². The number of anilines is 1. The molecule has 172 valence electrons. The molecule has 0 unspecified atom stereocenters. The van der Waals surface area contributed by atoms with Gasteiger partial charge in [0.15, 0.2) is 0 Å². The summed E-state index contributed by atoms with van der Waals surface area (Å²) in [5.74, 6) is 0.0511. The molecule has 4 aromatic carbocycles. The lowest BCUT2D eigenvalue weighted by molar-refractivity contribution is -0.384. The molecule has 0 aliphatic rings. The number of halogens is 2. The van der Waals surface area contributed by atoms with Gasteiger partial charge in [-0.05, 0) is 58.5 Å². The first-order valence-corrected chi connectivity index (χ1v) is 11.8. The molecule has 0 fully saturated rings. The Morgan fingerprint density at radius 3 is 1.82 bits per heavy atom. The molecular weight excluding hydrogens is 467 g/mol. The number of rotatable bonds is 8. The van der Waals surface area contributed by atoms with Crippen molar-refractivity contribution >= 4 is 34.6 Å². The summed E-state index contributed by atoms with van der Waals surface area (Å²) in [5, 5.41) is 16.4. The van der Waals surface area contributed by atoms with Gasteiger partial charge in [0.1, 0.15) is 5.69 Å². The van der Waals surface area contributed by atoms with Crippen LogP contribution in [0.1, 0.15) is 41.0 Å². The van der Waals surface area contributed by atoms with Crippen molar-refractivity contribution in [1.82, 2.24) is 0 Å². The van der Waals surface area contributed by atoms with Crippen molar-refractivity contribution in [3.05, 3.63) is 139 Å². The number of nitro benzene ring substituents is 1. The Hall–Kier alpha value is -3.34. The molecule has 4 rings (SSSR count). The summed E-state index contributed by atoms with van der Waals surface area (Å²) in [7, 11) is 0. The van der Waals surface area contributed by atoms with Gasteiger partial charge in [-0.1, -0.05) is 90.8 Å². The highest BCUT2D eigenvalue weighted by Crippen LogP contribution is 2.37. The summed E-state index contributed by atoms with van der Waals surface area (Å²) in [6.45, 7) is 2.67. The molecule has 0 amide bonds. The summed E-state index contributed by atoms with van der Waals surface area (Å²) < 4.78 is 0. The van der Waals surface area contributed by atoms with Gasteiger partial charge in [0.05, 0.1) is 4.92 Å². The molecule has 4 nitrogen and oxygen atoms in total. The third-order valence-electron chi connectivity index (χ3n) is 5.92. The maximum atomic E-state index is 11.8. The van der Waals surface area contributed by atoms with Crippen LogP contribution in [0.25, 0.3) is 0 Å². The molecule has 6 heteroatoms. The van der Waals surface area contributed by atoms with Crippen molar-refractivity contribution in [2.75, 3.05) is 11.9 Å². The molecule has 0 spiro atoms. The van der Waals surface area contributed by atoms with E-state index in [-0.39, 0.29) is 22.4 Å². The standard InChI is InChI=1S/C28H24Cl2N2O2/c1-19(20-5-3-2-4-6-20)18-31-26-17-23(11-16-27(26)32(33)34)28(21-7-12-24(29)13-8-21)22-9-14-25(30)15-10-22/h2-17,19,28,31H,18H2,1H3/t19-/m1/s1. The number of nitrogens with one attached hydrogen (secondary N) is 1. The highest BCUT2D eigenvalue weighted by atomic mass is 35.5. The third kappa shape index (κ3) is 5.58. The van der Waals surface area contributed by atoms with E-state index in [0.29, 0.717) is 22.3 Å². The smallest absolute Gasteiger partial charge is 0.292 e. The monoisotopic (exact) mass is 490 g/mol. The van der Waals surface area contributed by atoms with Crippen LogP contribution in [0.2, 0.25) is 10.0 Å². The van der Waals surface area contributed by atoms with Crippen LogP contribution in [0.4, 0.5) is 11.4 Å². The average molecular weight is 491 g/mol. The van der Waals surface area contributed by atoms with E-state index >= 15 is 0 Å². The minimum Gasteiger partial charge on any atom is -0.379 e. The molecule has 0 aliphatic heterocycles. The van der Waals surface area contributed by atoms with E-state index in [1.165, 1.54) is 5.56 Å². The molecule has 34 heavy (non-hydrogen) atoms. The first kappa shape index (κ1) is 23.8. The van der Waals surface area contributed by atoms with Gasteiger partial charge in [-0.3, -0.25) is 10.1 Å². The molecule has 0 heterocycles. The van der Waals surface area contributed by atoms with Crippen molar-refractivity contribution in [3.63, 3.8) is 0 Å². The molecule has 1 atom stereocenters. The molecule has 0 radical (unpaired) electrons. The van der Waals surface area contributed by atoms with Gasteiger partial charge < -0.3 is 5.32 Å². The number of hydrogen-bond acceptors (Lipinski definition) is 3. The molecule has 4 aromatic rings. The normalized spacial score (nSPS) is 11.9. The Balaban J connectivity index is 1.72. The molecule has 0 bridgehead atoms. The lowest BCUT2D eigenvalue weighted by Gasteiger charge is -2.21. The van der Waals surface area contributed by atoms with E-state index < -0.39 is 0 Å². The predicted octanol–water partition coefficient (Wildman–Crippen LogP) is 8.30. The van der Waals surface area contributed by atoms with Crippen LogP contribution in [0, 0.1) is 10.1 Å². The fourth-order valence-electron chi connectivity index (χ4n) is 4.08. The van der Waals surface area contributed by atoms with Gasteiger partial charge in [-0.2, -0.15) is 0 Å². The number of nitro groups is 1. The Labute approximate surface area is 209 Å². The van der Waals surface area contributed by atoms with Crippen molar-refractivity contribution < 1.29 is 4.92 Å². The Bertz CT molecular complexity index is 1210. The average Bonchev–Trinajstić information content (AvgIpc) is 2.85. The van der Waals surface area contributed by atoms with Gasteiger partial charge in [-0.15, -0.1) is 0 Å². The Morgan fingerprint density at radius 1 is 0.765 bits per heavy atom. The zero-order chi connectivity index (χ0) is 24.1. The van der Waals surface area contributed by atoms with Crippen molar-refractivity contribution in [1.29, 1.82) is 0 Å². The van der Waals surface area contributed by atoms with E-state index in [1.54, 1.807) is 6.07 Å². The van der Waals surface area contributed by atoms with Gasteiger partial charge >= 0.3 is 0 Å². The molecular formula is C28H24Cl2N2O2. The second-order valence-electron chi connectivity index (χ2n) is 8.26. The van der Waals surface area contributed by atoms with Crippen molar-refractivity contribution in [2.24, 2.45) is 0 Å². The van der Waals surface area contributed by atoms with Gasteiger partial charge in [0, 0.05) is 28.6 Å². The largest absolute Gasteiger partial charge is 0.379 e. The Kier molecular flexibility index (Phi) is 7.51. The van der Waals surface area contributed by atoms with E-state index in [1.807, 2.05) is 78.9 Å². The zero-order valence-corrected chi connectivity index (χ0v) is 20.1. The van der Waals surface area contributed by atoms with Crippen molar-refractivity contribution in [3.8, 4) is 0 Å². The SMILES string of the molecule is C[C@H](CNc1cc(C(c2ccc(Cl)cc2)c2ccc(Cl)cc2)ccc1[N+](=O)[O-])c1ccccc1. The van der Waals surface area contributed by atoms with Gasteiger partial charge in [0.2, 0.25) is 0 Å². The maximum Gasteiger partial charge on any atom is 0.292 e. The van der Waals surface area contributed by atoms with Crippen LogP contribution in [-0.4, -0.2) is 11.5 Å². The number of nitrogens with zero attached hydrogens (tertiary/aromatic N) is 1. The minimum atomic E-state index is -0.348. The molecule has 1 N–H and O–H groups in total. The fourth-order valence-corrected chi connectivity index (χ4v) is 4.34.